The molecule has 1 aliphatic carbocycles. The summed E-state index contributed by atoms with van der Waals surface area (Å²) in [4.78, 5) is 2.40. The summed E-state index contributed by atoms with van der Waals surface area (Å²) in [7, 11) is 0. The van der Waals surface area contributed by atoms with Crippen LogP contribution in [0.2, 0.25) is 0 Å². The number of halogens is 1. The van der Waals surface area contributed by atoms with E-state index in [2.05, 4.69) is 52.7 Å². The lowest BCUT2D eigenvalue weighted by atomic mass is 10.00. The van der Waals surface area contributed by atoms with Crippen LogP contribution in [-0.4, -0.2) is 38.1 Å². The smallest absolute Gasteiger partial charge is 0.247 e. The van der Waals surface area contributed by atoms with Gasteiger partial charge in [0.25, 0.3) is 0 Å². The molecule has 9 heteroatoms. The van der Waals surface area contributed by atoms with Crippen molar-refractivity contribution < 1.29 is 4.42 Å². The fourth-order valence-corrected chi connectivity index (χ4v) is 4.69. The summed E-state index contributed by atoms with van der Waals surface area (Å²) in [5, 5.41) is 18.4. The molecule has 2 aromatic heterocycles. The lowest BCUT2D eigenvalue weighted by Gasteiger charge is -2.31. The third-order valence-electron chi connectivity index (χ3n) is 5.51. The number of anilines is 1. The van der Waals surface area contributed by atoms with E-state index in [0.29, 0.717) is 23.6 Å². The molecule has 7 nitrogen and oxygen atoms in total. The minimum absolute atomic E-state index is 0.530. The first-order valence-corrected chi connectivity index (χ1v) is 11.9. The van der Waals surface area contributed by atoms with E-state index in [9.17, 15) is 0 Å². The molecule has 0 radical (unpaired) electrons. The topological polar surface area (TPSA) is 72.9 Å². The summed E-state index contributed by atoms with van der Waals surface area (Å²) in [6.45, 7) is 4.46. The Morgan fingerprint density at radius 2 is 1.79 bits per heavy atom. The number of nitrogens with zero attached hydrogens (tertiary/aromatic N) is 6. The third-order valence-corrected chi connectivity index (χ3v) is 6.96. The van der Waals surface area contributed by atoms with E-state index >= 15 is 0 Å². The van der Waals surface area contributed by atoms with Crippen molar-refractivity contribution in [2.24, 2.45) is 5.92 Å². The molecule has 0 amide bonds. The van der Waals surface area contributed by atoms with Crippen LogP contribution in [0, 0.1) is 5.92 Å². The zero-order valence-electron chi connectivity index (χ0n) is 16.3. The first-order valence-electron chi connectivity index (χ1n) is 10.1. The van der Waals surface area contributed by atoms with Crippen LogP contribution in [0.15, 0.2) is 38.3 Å². The quantitative estimate of drug-likeness (QED) is 0.467. The van der Waals surface area contributed by atoms with Gasteiger partial charge in [0.05, 0.1) is 5.75 Å². The SMILES string of the molecule is CC1CCN(c2nnc(SCc3nnc(-c4ccc(Br)cc4)o3)n2C2CC2)CC1. The Kier molecular flexibility index (Phi) is 5.34. The average molecular weight is 475 g/mol. The van der Waals surface area contributed by atoms with Gasteiger partial charge in [0, 0.05) is 29.2 Å². The molecule has 2 fully saturated rings. The number of benzene rings is 1. The number of thioether (sulfide) groups is 1. The largest absolute Gasteiger partial charge is 0.420 e. The molecule has 29 heavy (non-hydrogen) atoms. The van der Waals surface area contributed by atoms with Crippen LogP contribution in [0.3, 0.4) is 0 Å². The molecule has 1 aromatic carbocycles. The first kappa shape index (κ1) is 19.1. The second-order valence-corrected chi connectivity index (χ2v) is 9.71. The van der Waals surface area contributed by atoms with Crippen molar-refractivity contribution >= 4 is 33.6 Å². The van der Waals surface area contributed by atoms with Crippen LogP contribution < -0.4 is 4.90 Å². The van der Waals surface area contributed by atoms with Gasteiger partial charge in [-0.3, -0.25) is 4.57 Å². The van der Waals surface area contributed by atoms with Gasteiger partial charge in [-0.25, -0.2) is 0 Å². The fraction of sp³-hybridized carbons (Fsp3) is 0.500. The van der Waals surface area contributed by atoms with Crippen LogP contribution in [0.1, 0.15) is 44.5 Å². The van der Waals surface area contributed by atoms with Crippen molar-refractivity contribution in [1.82, 2.24) is 25.0 Å². The number of hydrogen-bond donors (Lipinski definition) is 0. The van der Waals surface area contributed by atoms with Gasteiger partial charge in [-0.1, -0.05) is 34.6 Å². The summed E-state index contributed by atoms with van der Waals surface area (Å²) in [5.74, 6) is 3.56. The van der Waals surface area contributed by atoms with Gasteiger partial charge in [0.15, 0.2) is 5.16 Å². The molecule has 0 unspecified atom stereocenters. The van der Waals surface area contributed by atoms with Gasteiger partial charge in [-0.05, 0) is 55.9 Å². The Morgan fingerprint density at radius 1 is 1.03 bits per heavy atom. The summed E-state index contributed by atoms with van der Waals surface area (Å²) >= 11 is 5.07. The van der Waals surface area contributed by atoms with Gasteiger partial charge in [0.2, 0.25) is 17.7 Å². The summed E-state index contributed by atoms with van der Waals surface area (Å²) in [6.07, 6.45) is 4.86. The first-order chi connectivity index (χ1) is 14.2. The van der Waals surface area contributed by atoms with E-state index in [4.69, 9.17) is 4.42 Å². The van der Waals surface area contributed by atoms with Gasteiger partial charge >= 0.3 is 0 Å². The van der Waals surface area contributed by atoms with Crippen LogP contribution >= 0.6 is 27.7 Å². The van der Waals surface area contributed by atoms with Gasteiger partial charge < -0.3 is 9.32 Å². The molecule has 0 bridgehead atoms. The van der Waals surface area contributed by atoms with Crippen LogP contribution in [-0.2, 0) is 5.75 Å². The van der Waals surface area contributed by atoms with E-state index in [1.165, 1.54) is 25.7 Å². The number of rotatable bonds is 6. The highest BCUT2D eigenvalue weighted by Crippen LogP contribution is 2.42. The molecule has 152 valence electrons. The normalized spacial score (nSPS) is 17.8. The molecular weight excluding hydrogens is 452 g/mol. The standard InChI is InChI=1S/C20H23BrN6OS/c1-13-8-10-26(11-9-13)19-24-25-20(27(19)16-6-7-16)29-12-17-22-23-18(28-17)14-2-4-15(21)5-3-14/h2-5,13,16H,6-12H2,1H3. The third kappa shape index (κ3) is 4.21. The predicted octanol–water partition coefficient (Wildman–Crippen LogP) is 4.95. The number of hydrogen-bond acceptors (Lipinski definition) is 7. The summed E-state index contributed by atoms with van der Waals surface area (Å²) in [5.41, 5.74) is 0.916. The zero-order chi connectivity index (χ0) is 19.8. The second kappa shape index (κ2) is 8.10. The van der Waals surface area contributed by atoms with Crippen molar-refractivity contribution in [2.75, 3.05) is 18.0 Å². The second-order valence-electron chi connectivity index (χ2n) is 7.85. The van der Waals surface area contributed by atoms with Crippen LogP contribution in [0.4, 0.5) is 5.95 Å². The van der Waals surface area contributed by atoms with Crippen molar-refractivity contribution in [3.8, 4) is 11.5 Å². The molecule has 3 heterocycles. The summed E-state index contributed by atoms with van der Waals surface area (Å²) in [6, 6.07) is 8.39. The molecule has 1 saturated heterocycles. The Hall–Kier alpha value is -1.87. The molecule has 1 aliphatic heterocycles. The van der Waals surface area contributed by atoms with E-state index < -0.39 is 0 Å². The highest BCUT2D eigenvalue weighted by atomic mass is 79.9. The highest BCUT2D eigenvalue weighted by Gasteiger charge is 2.32. The van der Waals surface area contributed by atoms with E-state index in [1.54, 1.807) is 11.8 Å². The molecule has 5 rings (SSSR count). The van der Waals surface area contributed by atoms with E-state index in [0.717, 1.165) is 40.1 Å². The minimum Gasteiger partial charge on any atom is -0.420 e. The Bertz CT molecular complexity index is 975. The molecular formula is C20H23BrN6OS. The Labute approximate surface area is 182 Å². The average Bonchev–Trinajstić information content (AvgIpc) is 3.30. The molecule has 0 spiro atoms. The summed E-state index contributed by atoms with van der Waals surface area (Å²) < 4.78 is 9.21. The highest BCUT2D eigenvalue weighted by molar-refractivity contribution is 9.10. The van der Waals surface area contributed by atoms with Gasteiger partial charge in [-0.15, -0.1) is 20.4 Å². The lowest BCUT2D eigenvalue weighted by Crippen LogP contribution is -2.34. The van der Waals surface area contributed by atoms with Crippen LogP contribution in [0.5, 0.6) is 0 Å². The zero-order valence-corrected chi connectivity index (χ0v) is 18.7. The lowest BCUT2D eigenvalue weighted by molar-refractivity contribution is 0.429. The Morgan fingerprint density at radius 3 is 2.52 bits per heavy atom. The van der Waals surface area contributed by atoms with Crippen molar-refractivity contribution in [3.05, 3.63) is 34.6 Å². The molecule has 0 atom stereocenters. The molecule has 2 aliphatic rings. The number of aromatic nitrogens is 5. The maximum atomic E-state index is 5.86. The van der Waals surface area contributed by atoms with E-state index in [-0.39, 0.29) is 0 Å². The van der Waals surface area contributed by atoms with Gasteiger partial charge in [-0.2, -0.15) is 0 Å². The van der Waals surface area contributed by atoms with Crippen LogP contribution in [0.25, 0.3) is 11.5 Å². The van der Waals surface area contributed by atoms with Crippen molar-refractivity contribution in [3.63, 3.8) is 0 Å². The van der Waals surface area contributed by atoms with E-state index in [1.807, 2.05) is 24.3 Å². The molecule has 3 aromatic rings. The maximum absolute atomic E-state index is 5.86. The molecule has 0 N–H and O–H groups in total. The minimum atomic E-state index is 0.530. The van der Waals surface area contributed by atoms with Crippen molar-refractivity contribution in [2.45, 2.75) is 49.6 Å². The predicted molar refractivity (Wildman–Crippen MR) is 116 cm³/mol. The Balaban J connectivity index is 1.29. The monoisotopic (exact) mass is 474 g/mol. The molecule has 1 saturated carbocycles. The van der Waals surface area contributed by atoms with Crippen molar-refractivity contribution in [1.29, 1.82) is 0 Å². The number of piperidine rings is 1. The fourth-order valence-electron chi connectivity index (χ4n) is 3.59. The van der Waals surface area contributed by atoms with Gasteiger partial charge in [0.1, 0.15) is 0 Å². The maximum Gasteiger partial charge on any atom is 0.247 e.